The number of hydrogen-bond acceptors (Lipinski definition) is 8. The lowest BCUT2D eigenvalue weighted by Crippen LogP contribution is -2.89. The number of rotatable bonds is 5. The fourth-order valence-electron chi connectivity index (χ4n) is 9.21. The van der Waals surface area contributed by atoms with Gasteiger partial charge in [-0.05, 0) is 65.0 Å². The van der Waals surface area contributed by atoms with Gasteiger partial charge in [0.2, 0.25) is 6.41 Å². The molecule has 9 nitrogen and oxygen atoms in total. The molecule has 40 heavy (non-hydrogen) atoms. The molecule has 5 fully saturated rings. The summed E-state index contributed by atoms with van der Waals surface area (Å²) >= 11 is 0. The summed E-state index contributed by atoms with van der Waals surface area (Å²) in [7, 11) is 3.69. The van der Waals surface area contributed by atoms with Crippen molar-refractivity contribution in [1.29, 1.82) is 0 Å². The topological polar surface area (TPSA) is 107 Å². The van der Waals surface area contributed by atoms with Crippen LogP contribution in [0.15, 0.2) is 12.7 Å². The van der Waals surface area contributed by atoms with Crippen LogP contribution in [0.2, 0.25) is 0 Å². The molecule has 5 aliphatic rings. The molecule has 5 rings (SSSR count). The molecule has 2 aliphatic heterocycles. The number of ether oxygens (including phenoxy) is 4. The summed E-state index contributed by atoms with van der Waals surface area (Å²) in [6.07, 6.45) is 4.93. The highest BCUT2D eigenvalue weighted by Gasteiger charge is 2.84. The second kappa shape index (κ2) is 10.0. The Morgan fingerprint density at radius 2 is 1.82 bits per heavy atom. The van der Waals surface area contributed by atoms with E-state index in [0.717, 1.165) is 19.3 Å². The van der Waals surface area contributed by atoms with Gasteiger partial charge in [-0.25, -0.2) is 4.79 Å². The van der Waals surface area contributed by atoms with Crippen LogP contribution in [0, 0.1) is 22.7 Å². The third kappa shape index (κ3) is 4.21. The van der Waals surface area contributed by atoms with Gasteiger partial charge >= 0.3 is 6.09 Å². The zero-order chi connectivity index (χ0) is 29.3. The van der Waals surface area contributed by atoms with Crippen molar-refractivity contribution in [3.63, 3.8) is 0 Å². The van der Waals surface area contributed by atoms with E-state index in [-0.39, 0.29) is 18.3 Å². The number of hydrogen-bond donors (Lipinski definition) is 2. The molecule has 0 radical (unpaired) electrons. The average Bonchev–Trinajstić information content (AvgIpc) is 2.88. The van der Waals surface area contributed by atoms with Gasteiger partial charge < -0.3 is 29.4 Å². The molecule has 3 saturated carbocycles. The lowest BCUT2D eigenvalue weighted by atomic mass is 9.39. The van der Waals surface area contributed by atoms with E-state index in [1.54, 1.807) is 24.8 Å². The number of aliphatic hydroxyl groups excluding tert-OH is 1. The maximum absolute atomic E-state index is 14.6. The second-order valence-corrected chi connectivity index (χ2v) is 14.5. The Hall–Kier alpha value is -1.52. The monoisotopic (exact) mass is 562 g/mol. The number of nitrogens with one attached hydrogen (secondary N) is 1. The van der Waals surface area contributed by atoms with E-state index in [9.17, 15) is 14.7 Å². The number of Topliss-reactive ketones (excluding diaryl/α,β-unsaturated/α-hetero) is 1. The Kier molecular flexibility index (Phi) is 7.52. The molecule has 226 valence electrons. The molecule has 3 aliphatic carbocycles. The van der Waals surface area contributed by atoms with Gasteiger partial charge in [0.05, 0.1) is 11.7 Å². The number of nitrogens with zero attached hydrogens (tertiary/aromatic N) is 1. The fraction of sp³-hybridized carbons (Fsp3) is 0.871. The predicted molar refractivity (Wildman–Crippen MR) is 149 cm³/mol. The van der Waals surface area contributed by atoms with E-state index in [1.807, 2.05) is 21.0 Å². The SMILES string of the molecule is C=C[C@@]1(C)CC(=O)[C@@]23OC(N(C)C)O[C@H]4CCC(C)(C)[C@H]([C@H](OC(=O)NCC5CCCCC5)[C@H](O)[C@@]2(C)O1)[C@]43C. The second-order valence-electron chi connectivity index (χ2n) is 14.5. The number of carbonyl (C=O) groups excluding carboxylic acids is 2. The van der Waals surface area contributed by atoms with Crippen LogP contribution >= 0.6 is 0 Å². The van der Waals surface area contributed by atoms with Gasteiger partial charge in [-0.2, -0.15) is 0 Å². The molecule has 0 aromatic heterocycles. The maximum atomic E-state index is 14.6. The van der Waals surface area contributed by atoms with Crippen molar-refractivity contribution < 1.29 is 33.6 Å². The zero-order valence-corrected chi connectivity index (χ0v) is 25.5. The van der Waals surface area contributed by atoms with Crippen LogP contribution in [0.3, 0.4) is 0 Å². The summed E-state index contributed by atoms with van der Waals surface area (Å²) < 4.78 is 26.3. The first-order valence-corrected chi connectivity index (χ1v) is 15.1. The van der Waals surface area contributed by atoms with Crippen molar-refractivity contribution in [3.8, 4) is 0 Å². The number of carbonyl (C=O) groups is 2. The highest BCUT2D eigenvalue weighted by atomic mass is 16.7. The molecule has 9 atom stereocenters. The first-order valence-electron chi connectivity index (χ1n) is 15.1. The van der Waals surface area contributed by atoms with Crippen molar-refractivity contribution in [2.45, 2.75) is 128 Å². The van der Waals surface area contributed by atoms with Gasteiger partial charge in [0.25, 0.3) is 0 Å². The Bertz CT molecular complexity index is 1030. The van der Waals surface area contributed by atoms with Crippen molar-refractivity contribution in [2.75, 3.05) is 20.6 Å². The van der Waals surface area contributed by atoms with E-state index in [4.69, 9.17) is 18.9 Å². The minimum absolute atomic E-state index is 0.0574. The third-order valence-electron chi connectivity index (χ3n) is 11.1. The zero-order valence-electron chi connectivity index (χ0n) is 25.5. The fourth-order valence-corrected chi connectivity index (χ4v) is 9.21. The van der Waals surface area contributed by atoms with E-state index in [2.05, 4.69) is 25.7 Å². The van der Waals surface area contributed by atoms with E-state index < -0.39 is 58.3 Å². The van der Waals surface area contributed by atoms with Gasteiger partial charge in [-0.3, -0.25) is 9.69 Å². The minimum Gasteiger partial charge on any atom is -0.443 e. The van der Waals surface area contributed by atoms with Crippen molar-refractivity contribution >= 4 is 11.9 Å². The molecule has 2 N–H and O–H groups in total. The highest BCUT2D eigenvalue weighted by molar-refractivity contribution is 5.93. The third-order valence-corrected chi connectivity index (χ3v) is 11.1. The summed E-state index contributed by atoms with van der Waals surface area (Å²) in [5.74, 6) is -0.147. The number of amides is 1. The number of ketones is 1. The Morgan fingerprint density at radius 1 is 1.15 bits per heavy atom. The summed E-state index contributed by atoms with van der Waals surface area (Å²) in [4.78, 5) is 29.7. The summed E-state index contributed by atoms with van der Waals surface area (Å²) in [5, 5.41) is 15.3. The molecule has 0 aromatic rings. The molecule has 2 heterocycles. The quantitative estimate of drug-likeness (QED) is 0.481. The van der Waals surface area contributed by atoms with Crippen LogP contribution in [0.25, 0.3) is 0 Å². The van der Waals surface area contributed by atoms with Gasteiger partial charge in [0.1, 0.15) is 17.8 Å². The maximum Gasteiger partial charge on any atom is 0.407 e. The normalized spacial score (nSPS) is 46.7. The smallest absolute Gasteiger partial charge is 0.407 e. The molecular formula is C31H50N2O7. The standard InChI is InChI=1S/C31H50N2O7/c1-9-28(4)17-20(34)31-29(5)21(37-26(39-31)33(7)8)15-16-27(2,3)23(29)22(24(35)30(31,6)40-28)38-25(36)32-18-19-13-11-10-12-14-19/h9,19,21-24,26,35H,1,10-18H2,2-8H3,(H,32,36)/t21-,22-,23-,24-,26?,28-,29-,30+,31-/m0/s1. The average molecular weight is 563 g/mol. The lowest BCUT2D eigenvalue weighted by Gasteiger charge is -2.74. The first-order chi connectivity index (χ1) is 18.6. The summed E-state index contributed by atoms with van der Waals surface area (Å²) in [5.41, 5.74) is -5.46. The molecule has 2 saturated heterocycles. The van der Waals surface area contributed by atoms with E-state index in [0.29, 0.717) is 18.9 Å². The number of aliphatic hydroxyl groups is 1. The highest BCUT2D eigenvalue weighted by Crippen LogP contribution is 2.70. The molecule has 1 amide bonds. The van der Waals surface area contributed by atoms with Gasteiger partial charge in [0, 0.05) is 24.3 Å². The van der Waals surface area contributed by atoms with Crippen LogP contribution in [-0.4, -0.2) is 84.1 Å². The summed E-state index contributed by atoms with van der Waals surface area (Å²) in [6, 6.07) is 0. The molecule has 1 unspecified atom stereocenters. The van der Waals surface area contributed by atoms with E-state index >= 15 is 0 Å². The first kappa shape index (κ1) is 30.0. The predicted octanol–water partition coefficient (Wildman–Crippen LogP) is 4.17. The van der Waals surface area contributed by atoms with Gasteiger partial charge in [-0.1, -0.05) is 46.1 Å². The van der Waals surface area contributed by atoms with Crippen LogP contribution < -0.4 is 5.32 Å². The van der Waals surface area contributed by atoms with Crippen LogP contribution in [-0.2, 0) is 23.7 Å². The summed E-state index contributed by atoms with van der Waals surface area (Å²) in [6.45, 7) is 14.3. The van der Waals surface area contributed by atoms with Crippen molar-refractivity contribution in [3.05, 3.63) is 12.7 Å². The van der Waals surface area contributed by atoms with Crippen LogP contribution in [0.4, 0.5) is 4.79 Å². The van der Waals surface area contributed by atoms with Crippen molar-refractivity contribution in [2.24, 2.45) is 22.7 Å². The largest absolute Gasteiger partial charge is 0.443 e. The minimum atomic E-state index is -1.55. The van der Waals surface area contributed by atoms with Gasteiger partial charge in [-0.15, -0.1) is 6.58 Å². The van der Waals surface area contributed by atoms with Crippen molar-refractivity contribution in [1.82, 2.24) is 10.2 Å². The van der Waals surface area contributed by atoms with Gasteiger partial charge in [0.15, 0.2) is 11.4 Å². The molecule has 0 aromatic carbocycles. The van der Waals surface area contributed by atoms with Crippen LogP contribution in [0.5, 0.6) is 0 Å². The molecule has 1 spiro atoms. The molecule has 9 heteroatoms. The van der Waals surface area contributed by atoms with Crippen LogP contribution in [0.1, 0.15) is 86.0 Å². The lowest BCUT2D eigenvalue weighted by molar-refractivity contribution is -0.456. The Balaban J connectivity index is 1.59. The Labute approximate surface area is 239 Å². The number of alkyl carbamates (subject to hydrolysis) is 1. The molecule has 0 bridgehead atoms. The van der Waals surface area contributed by atoms with E-state index in [1.165, 1.54) is 19.3 Å². The Morgan fingerprint density at radius 3 is 2.45 bits per heavy atom. The molecular weight excluding hydrogens is 512 g/mol.